The summed E-state index contributed by atoms with van der Waals surface area (Å²) in [5, 5.41) is 8.83. The summed E-state index contributed by atoms with van der Waals surface area (Å²) in [5.41, 5.74) is 3.04. The molecule has 1 N–H and O–H groups in total. The molecule has 0 fully saturated rings. The first-order valence-corrected chi connectivity index (χ1v) is 6.35. The number of benzene rings is 2. The fraction of sp³-hybridized carbons (Fsp3) is 0.188. The topological polar surface area (TPSA) is 46.5 Å². The summed E-state index contributed by atoms with van der Waals surface area (Å²) in [7, 11) is 0. The Balaban J connectivity index is 1.79. The maximum absolute atomic E-state index is 10.8. The molecule has 3 heteroatoms. The van der Waals surface area contributed by atoms with E-state index in [0.717, 1.165) is 18.6 Å². The fourth-order valence-corrected chi connectivity index (χ4v) is 2.41. The van der Waals surface area contributed by atoms with Crippen LogP contribution < -0.4 is 4.74 Å². The third-order valence-corrected chi connectivity index (χ3v) is 3.41. The molecule has 2 aromatic carbocycles. The Hall–Kier alpha value is -2.29. The molecule has 0 atom stereocenters. The predicted octanol–water partition coefficient (Wildman–Crippen LogP) is 3.67. The number of hydrogen-bond donors (Lipinski definition) is 1. The number of carboxylic acids is 1. The molecule has 0 amide bonds. The first kappa shape index (κ1) is 11.8. The molecule has 0 unspecified atom stereocenters. The van der Waals surface area contributed by atoms with E-state index in [-0.39, 0.29) is 5.56 Å². The summed E-state index contributed by atoms with van der Waals surface area (Å²) in [4.78, 5) is 10.8. The molecule has 0 bridgehead atoms. The highest BCUT2D eigenvalue weighted by molar-refractivity contribution is 5.87. The van der Waals surface area contributed by atoms with Crippen LogP contribution in [0.2, 0.25) is 0 Å². The number of aromatic carboxylic acids is 1. The van der Waals surface area contributed by atoms with Crippen molar-refractivity contribution in [2.45, 2.75) is 19.3 Å². The minimum atomic E-state index is -0.927. The van der Waals surface area contributed by atoms with Crippen LogP contribution in [0, 0.1) is 0 Å². The summed E-state index contributed by atoms with van der Waals surface area (Å²) < 4.78 is 5.75. The minimum absolute atomic E-state index is 0.265. The van der Waals surface area contributed by atoms with Crippen molar-refractivity contribution in [3.05, 3.63) is 59.2 Å². The lowest BCUT2D eigenvalue weighted by molar-refractivity contribution is 0.0697. The van der Waals surface area contributed by atoms with Gasteiger partial charge in [-0.2, -0.15) is 0 Å². The Kier molecular flexibility index (Phi) is 2.95. The summed E-state index contributed by atoms with van der Waals surface area (Å²) in [5.74, 6) is 0.538. The minimum Gasteiger partial charge on any atom is -0.478 e. The summed E-state index contributed by atoms with van der Waals surface area (Å²) in [6.07, 6.45) is 3.49. The Morgan fingerprint density at radius 1 is 0.947 bits per heavy atom. The molecule has 0 aliphatic heterocycles. The van der Waals surface area contributed by atoms with Crippen LogP contribution in [-0.2, 0) is 12.8 Å². The normalized spacial score (nSPS) is 13.1. The van der Waals surface area contributed by atoms with Gasteiger partial charge in [0, 0.05) is 0 Å². The Bertz CT molecular complexity index is 614. The van der Waals surface area contributed by atoms with Gasteiger partial charge in [-0.15, -0.1) is 0 Å². The lowest BCUT2D eigenvalue weighted by Gasteiger charge is -2.08. The van der Waals surface area contributed by atoms with Crippen molar-refractivity contribution in [3.8, 4) is 11.5 Å². The van der Waals surface area contributed by atoms with Gasteiger partial charge >= 0.3 is 5.97 Å². The number of carboxylic acid groups (broad SMARTS) is 1. The van der Waals surface area contributed by atoms with Gasteiger partial charge in [0.1, 0.15) is 11.5 Å². The van der Waals surface area contributed by atoms with Gasteiger partial charge in [0.05, 0.1) is 5.56 Å². The molecular weight excluding hydrogens is 240 g/mol. The average molecular weight is 254 g/mol. The fourth-order valence-electron chi connectivity index (χ4n) is 2.41. The second-order valence-electron chi connectivity index (χ2n) is 4.72. The largest absolute Gasteiger partial charge is 0.478 e. The molecule has 1 aliphatic rings. The SMILES string of the molecule is O=C(O)c1ccc(Oc2ccc3c(c2)CCC3)cc1. The second kappa shape index (κ2) is 4.76. The first-order chi connectivity index (χ1) is 9.22. The van der Waals surface area contributed by atoms with E-state index in [1.807, 2.05) is 6.07 Å². The quantitative estimate of drug-likeness (QED) is 0.909. The van der Waals surface area contributed by atoms with Gasteiger partial charge in [-0.1, -0.05) is 6.07 Å². The van der Waals surface area contributed by atoms with Crippen molar-refractivity contribution < 1.29 is 14.6 Å². The summed E-state index contributed by atoms with van der Waals surface area (Å²) >= 11 is 0. The van der Waals surface area contributed by atoms with Crippen LogP contribution in [0.1, 0.15) is 27.9 Å². The predicted molar refractivity (Wildman–Crippen MR) is 71.9 cm³/mol. The molecule has 3 nitrogen and oxygen atoms in total. The zero-order chi connectivity index (χ0) is 13.2. The number of aryl methyl sites for hydroxylation is 2. The van der Waals surface area contributed by atoms with Crippen LogP contribution in [0.5, 0.6) is 11.5 Å². The van der Waals surface area contributed by atoms with Gasteiger partial charge in [0.2, 0.25) is 0 Å². The first-order valence-electron chi connectivity index (χ1n) is 6.35. The van der Waals surface area contributed by atoms with E-state index in [1.165, 1.54) is 17.5 Å². The van der Waals surface area contributed by atoms with Crippen LogP contribution in [-0.4, -0.2) is 11.1 Å². The Morgan fingerprint density at radius 3 is 2.37 bits per heavy atom. The maximum Gasteiger partial charge on any atom is 0.335 e. The highest BCUT2D eigenvalue weighted by Gasteiger charge is 2.11. The van der Waals surface area contributed by atoms with Crippen molar-refractivity contribution in [1.29, 1.82) is 0 Å². The number of ether oxygens (including phenoxy) is 1. The number of carbonyl (C=O) groups is 1. The lowest BCUT2D eigenvalue weighted by Crippen LogP contribution is -1.95. The van der Waals surface area contributed by atoms with Crippen molar-refractivity contribution in [1.82, 2.24) is 0 Å². The van der Waals surface area contributed by atoms with Crippen LogP contribution in [0.25, 0.3) is 0 Å². The van der Waals surface area contributed by atoms with Crippen LogP contribution in [0.4, 0.5) is 0 Å². The molecule has 0 spiro atoms. The van der Waals surface area contributed by atoms with Crippen molar-refractivity contribution >= 4 is 5.97 Å². The Labute approximate surface area is 111 Å². The third-order valence-electron chi connectivity index (χ3n) is 3.41. The molecule has 0 saturated heterocycles. The molecule has 0 saturated carbocycles. The second-order valence-corrected chi connectivity index (χ2v) is 4.72. The molecule has 3 rings (SSSR count). The molecule has 0 aromatic heterocycles. The van der Waals surface area contributed by atoms with E-state index in [1.54, 1.807) is 24.3 Å². The van der Waals surface area contributed by atoms with Crippen molar-refractivity contribution in [2.75, 3.05) is 0 Å². The van der Waals surface area contributed by atoms with Crippen LogP contribution >= 0.6 is 0 Å². The van der Waals surface area contributed by atoms with Gasteiger partial charge in [-0.25, -0.2) is 4.79 Å². The zero-order valence-electron chi connectivity index (χ0n) is 10.4. The van der Waals surface area contributed by atoms with Crippen LogP contribution in [0.15, 0.2) is 42.5 Å². The molecule has 0 heterocycles. The number of rotatable bonds is 3. The van der Waals surface area contributed by atoms with Gasteiger partial charge in [-0.05, 0) is 66.8 Å². The standard InChI is InChI=1S/C16H14O3/c17-16(18)12-5-7-14(8-6-12)19-15-9-4-11-2-1-3-13(11)10-15/h4-10H,1-3H2,(H,17,18). The van der Waals surface area contributed by atoms with Gasteiger partial charge < -0.3 is 9.84 Å². The van der Waals surface area contributed by atoms with Gasteiger partial charge in [0.25, 0.3) is 0 Å². The number of fused-ring (bicyclic) bond motifs is 1. The number of hydrogen-bond acceptors (Lipinski definition) is 2. The highest BCUT2D eigenvalue weighted by atomic mass is 16.5. The van der Waals surface area contributed by atoms with E-state index in [0.29, 0.717) is 5.75 Å². The van der Waals surface area contributed by atoms with Crippen molar-refractivity contribution in [2.24, 2.45) is 0 Å². The van der Waals surface area contributed by atoms with Gasteiger partial charge in [-0.3, -0.25) is 0 Å². The molecular formula is C16H14O3. The molecule has 1 aliphatic carbocycles. The molecule has 2 aromatic rings. The van der Waals surface area contributed by atoms with Gasteiger partial charge in [0.15, 0.2) is 0 Å². The highest BCUT2D eigenvalue weighted by Crippen LogP contribution is 2.28. The maximum atomic E-state index is 10.8. The van der Waals surface area contributed by atoms with E-state index < -0.39 is 5.97 Å². The third kappa shape index (κ3) is 2.45. The average Bonchev–Trinajstić information content (AvgIpc) is 2.87. The molecule has 19 heavy (non-hydrogen) atoms. The van der Waals surface area contributed by atoms with E-state index in [2.05, 4.69) is 12.1 Å². The lowest BCUT2D eigenvalue weighted by atomic mass is 10.1. The van der Waals surface area contributed by atoms with E-state index >= 15 is 0 Å². The smallest absolute Gasteiger partial charge is 0.335 e. The monoisotopic (exact) mass is 254 g/mol. The Morgan fingerprint density at radius 2 is 1.63 bits per heavy atom. The van der Waals surface area contributed by atoms with E-state index in [9.17, 15) is 4.79 Å². The summed E-state index contributed by atoms with van der Waals surface area (Å²) in [6.45, 7) is 0. The van der Waals surface area contributed by atoms with Crippen LogP contribution in [0.3, 0.4) is 0 Å². The molecule has 96 valence electrons. The summed E-state index contributed by atoms with van der Waals surface area (Å²) in [6, 6.07) is 12.6. The molecule has 0 radical (unpaired) electrons. The van der Waals surface area contributed by atoms with E-state index in [4.69, 9.17) is 9.84 Å². The van der Waals surface area contributed by atoms with Crippen molar-refractivity contribution in [3.63, 3.8) is 0 Å². The zero-order valence-corrected chi connectivity index (χ0v) is 10.4.